The van der Waals surface area contributed by atoms with Crippen LogP contribution in [0.3, 0.4) is 0 Å². The van der Waals surface area contributed by atoms with Crippen molar-refractivity contribution in [3.63, 3.8) is 0 Å². The van der Waals surface area contributed by atoms with Crippen molar-refractivity contribution in [2.75, 3.05) is 26.7 Å². The van der Waals surface area contributed by atoms with Crippen LogP contribution in [0.15, 0.2) is 42.9 Å². The predicted octanol–water partition coefficient (Wildman–Crippen LogP) is 3.36. The molecule has 192 valence electrons. The van der Waals surface area contributed by atoms with Gasteiger partial charge in [-0.25, -0.2) is 4.98 Å². The van der Waals surface area contributed by atoms with E-state index in [1.165, 1.54) is 12.0 Å². The first kappa shape index (κ1) is 25.8. The van der Waals surface area contributed by atoms with Crippen LogP contribution in [0.2, 0.25) is 0 Å². The van der Waals surface area contributed by atoms with Crippen molar-refractivity contribution >= 4 is 17.4 Å². The summed E-state index contributed by atoms with van der Waals surface area (Å²) in [6, 6.07) is 5.19. The molecule has 8 heteroatoms. The van der Waals surface area contributed by atoms with Crippen molar-refractivity contribution in [3.05, 3.63) is 59.6 Å². The Morgan fingerprint density at radius 2 is 2.08 bits per heavy atom. The Hall–Kier alpha value is -3.26. The molecule has 0 radical (unpaired) electrons. The van der Waals surface area contributed by atoms with Crippen LogP contribution in [0.25, 0.3) is 5.57 Å². The molecule has 4 rings (SSSR count). The van der Waals surface area contributed by atoms with Crippen LogP contribution in [0.4, 0.5) is 0 Å². The highest BCUT2D eigenvalue weighted by Crippen LogP contribution is 2.32. The van der Waals surface area contributed by atoms with Crippen LogP contribution in [0.1, 0.15) is 61.0 Å². The number of aliphatic hydroxyl groups is 1. The number of hydrogen-bond acceptors (Lipinski definition) is 6. The second kappa shape index (κ2) is 11.6. The average molecular weight is 493 g/mol. The number of fused-ring (bicyclic) bond motifs is 1. The van der Waals surface area contributed by atoms with Crippen molar-refractivity contribution in [2.24, 2.45) is 5.92 Å². The molecule has 0 saturated carbocycles. The predicted molar refractivity (Wildman–Crippen MR) is 137 cm³/mol. The van der Waals surface area contributed by atoms with Gasteiger partial charge in [-0.05, 0) is 67.5 Å². The first-order valence-electron chi connectivity index (χ1n) is 12.8. The number of allylic oxidation sites excluding steroid dienone is 2. The van der Waals surface area contributed by atoms with Gasteiger partial charge in [-0.2, -0.15) is 0 Å². The fourth-order valence-corrected chi connectivity index (χ4v) is 4.78. The molecule has 1 aliphatic carbocycles. The fourth-order valence-electron chi connectivity index (χ4n) is 4.78. The number of aromatic nitrogens is 2. The normalized spacial score (nSPS) is 20.9. The molecule has 1 N–H and O–H groups in total. The maximum atomic E-state index is 13.6. The summed E-state index contributed by atoms with van der Waals surface area (Å²) in [7, 11) is 1.77. The van der Waals surface area contributed by atoms with Gasteiger partial charge >= 0.3 is 0 Å². The lowest BCUT2D eigenvalue weighted by atomic mass is 9.93. The second-order valence-electron chi connectivity index (χ2n) is 9.98. The first-order chi connectivity index (χ1) is 17.4. The number of amides is 2. The monoisotopic (exact) mass is 492 g/mol. The number of pyridine rings is 2. The molecule has 0 spiro atoms. The number of carbonyl (C=O) groups excluding carboxylic acids is 2. The summed E-state index contributed by atoms with van der Waals surface area (Å²) in [5.41, 5.74) is 3.46. The third-order valence-corrected chi connectivity index (χ3v) is 7.17. The Labute approximate surface area is 213 Å². The number of rotatable bonds is 7. The first-order valence-corrected chi connectivity index (χ1v) is 12.8. The van der Waals surface area contributed by atoms with E-state index in [4.69, 9.17) is 4.74 Å². The maximum absolute atomic E-state index is 13.6. The van der Waals surface area contributed by atoms with Gasteiger partial charge < -0.3 is 19.6 Å². The lowest BCUT2D eigenvalue weighted by molar-refractivity contribution is -0.130. The molecular formula is C28H36N4O4. The number of hydrogen-bond donors (Lipinski definition) is 1. The molecule has 2 aromatic rings. The molecule has 0 aromatic carbocycles. The Morgan fingerprint density at radius 3 is 2.78 bits per heavy atom. The molecule has 1 aliphatic heterocycles. The highest BCUT2D eigenvalue weighted by atomic mass is 16.5. The average Bonchev–Trinajstić information content (AvgIpc) is 2.91. The Kier molecular flexibility index (Phi) is 8.36. The van der Waals surface area contributed by atoms with Gasteiger partial charge in [0, 0.05) is 38.1 Å². The minimum Gasteiger partial charge on any atom is -0.472 e. The lowest BCUT2D eigenvalue weighted by Gasteiger charge is -2.37. The summed E-state index contributed by atoms with van der Waals surface area (Å²) >= 11 is 0. The van der Waals surface area contributed by atoms with Crippen molar-refractivity contribution in [1.29, 1.82) is 0 Å². The van der Waals surface area contributed by atoms with E-state index in [9.17, 15) is 14.7 Å². The van der Waals surface area contributed by atoms with Gasteiger partial charge in [0.1, 0.15) is 11.7 Å². The number of ether oxygens (including phenoxy) is 1. The molecule has 0 saturated heterocycles. The molecular weight excluding hydrogens is 456 g/mol. The van der Waals surface area contributed by atoms with E-state index in [0.717, 1.165) is 30.4 Å². The lowest BCUT2D eigenvalue weighted by Crippen LogP contribution is -2.50. The molecule has 8 nitrogen and oxygen atoms in total. The third-order valence-electron chi connectivity index (χ3n) is 7.17. The van der Waals surface area contributed by atoms with Crippen LogP contribution >= 0.6 is 0 Å². The molecule has 3 heterocycles. The van der Waals surface area contributed by atoms with Crippen LogP contribution in [0, 0.1) is 5.92 Å². The van der Waals surface area contributed by atoms with Crippen LogP contribution in [-0.2, 0) is 11.2 Å². The quantitative estimate of drug-likeness (QED) is 0.637. The summed E-state index contributed by atoms with van der Waals surface area (Å²) in [6.07, 6.45) is 11.6. The summed E-state index contributed by atoms with van der Waals surface area (Å²) in [6.45, 7) is 4.47. The maximum Gasteiger partial charge on any atom is 0.259 e. The van der Waals surface area contributed by atoms with E-state index in [1.54, 1.807) is 35.4 Å². The van der Waals surface area contributed by atoms with E-state index >= 15 is 0 Å². The van der Waals surface area contributed by atoms with Crippen molar-refractivity contribution < 1.29 is 19.4 Å². The van der Waals surface area contributed by atoms with Crippen molar-refractivity contribution in [1.82, 2.24) is 19.8 Å². The zero-order chi connectivity index (χ0) is 25.7. The third kappa shape index (κ3) is 5.93. The topological polar surface area (TPSA) is 95.9 Å². The summed E-state index contributed by atoms with van der Waals surface area (Å²) in [5.74, 6) is -0.0233. The Morgan fingerprint density at radius 1 is 1.31 bits per heavy atom. The van der Waals surface area contributed by atoms with Gasteiger partial charge in [-0.1, -0.05) is 13.0 Å². The zero-order valence-corrected chi connectivity index (χ0v) is 21.4. The van der Waals surface area contributed by atoms with Gasteiger partial charge in [0.05, 0.1) is 25.6 Å². The minimum absolute atomic E-state index is 0.0246. The smallest absolute Gasteiger partial charge is 0.259 e. The van der Waals surface area contributed by atoms with Crippen molar-refractivity contribution in [3.8, 4) is 5.88 Å². The Bertz CT molecular complexity index is 1100. The molecule has 2 amide bonds. The number of likely N-dealkylation sites (N-methyl/N-ethyl adjacent to an activating group) is 1. The van der Waals surface area contributed by atoms with Crippen LogP contribution < -0.4 is 4.74 Å². The van der Waals surface area contributed by atoms with Crippen molar-refractivity contribution in [2.45, 2.75) is 58.1 Å². The van der Waals surface area contributed by atoms with E-state index < -0.39 is 0 Å². The standard InChI is InChI=1S/C28H36N4O4/c1-19-16-32(20(2)18-33)28(35)24-14-23(22-7-5-4-6-8-22)15-30-27(24)36-25(19)17-31(3)26(34)13-21-9-11-29-12-10-21/h7,9-12,14-15,19-20,25,33H,4-6,8,13,16-18H2,1-3H3/t19-,20+,25+/m0/s1. The largest absolute Gasteiger partial charge is 0.472 e. The number of carbonyl (C=O) groups is 2. The van der Waals surface area contributed by atoms with Gasteiger partial charge in [0.25, 0.3) is 5.91 Å². The molecule has 0 unspecified atom stereocenters. The summed E-state index contributed by atoms with van der Waals surface area (Å²) in [5, 5.41) is 9.88. The fraction of sp³-hybridized carbons (Fsp3) is 0.500. The highest BCUT2D eigenvalue weighted by molar-refractivity contribution is 5.97. The molecule has 36 heavy (non-hydrogen) atoms. The van der Waals surface area contributed by atoms with Crippen LogP contribution in [0.5, 0.6) is 5.88 Å². The molecule has 2 aliphatic rings. The van der Waals surface area contributed by atoms with Crippen LogP contribution in [-0.4, -0.2) is 75.6 Å². The zero-order valence-electron chi connectivity index (χ0n) is 21.4. The summed E-state index contributed by atoms with van der Waals surface area (Å²) in [4.78, 5) is 38.5. The van der Waals surface area contributed by atoms with E-state index in [0.29, 0.717) is 18.7 Å². The Balaban J connectivity index is 1.61. The van der Waals surface area contributed by atoms with E-state index in [-0.39, 0.29) is 48.8 Å². The number of nitrogens with zero attached hydrogens (tertiary/aromatic N) is 4. The molecule has 2 aromatic heterocycles. The van der Waals surface area contributed by atoms with E-state index in [1.807, 2.05) is 32.0 Å². The molecule has 0 fully saturated rings. The van der Waals surface area contributed by atoms with Gasteiger partial charge in [0.2, 0.25) is 11.8 Å². The SMILES string of the molecule is C[C@H](CO)N1C[C@H](C)[C@@H](CN(C)C(=O)Cc2ccncc2)Oc2ncc(C3=CCCCC3)cc2C1=O. The van der Waals surface area contributed by atoms with Gasteiger partial charge in [-0.3, -0.25) is 14.6 Å². The van der Waals surface area contributed by atoms with Gasteiger partial charge in [0.15, 0.2) is 0 Å². The summed E-state index contributed by atoms with van der Waals surface area (Å²) < 4.78 is 6.35. The molecule has 3 atom stereocenters. The minimum atomic E-state index is -0.371. The molecule has 0 bridgehead atoms. The van der Waals surface area contributed by atoms with Gasteiger partial charge in [-0.15, -0.1) is 0 Å². The van der Waals surface area contributed by atoms with E-state index in [2.05, 4.69) is 16.0 Å². The highest BCUT2D eigenvalue weighted by Gasteiger charge is 2.35. The number of aliphatic hydroxyl groups excluding tert-OH is 1. The second-order valence-corrected chi connectivity index (χ2v) is 9.98.